The van der Waals surface area contributed by atoms with Crippen LogP contribution in [-0.4, -0.2) is 0 Å². The molecule has 3 nitrogen and oxygen atoms in total. The molecule has 0 aliphatic carbocycles. The first kappa shape index (κ1) is 10.2. The molecular formula is C14H11N3. The van der Waals surface area contributed by atoms with Crippen molar-refractivity contribution in [1.82, 2.24) is 0 Å². The molecule has 2 aromatic rings. The van der Waals surface area contributed by atoms with Crippen LogP contribution in [0.5, 0.6) is 0 Å². The van der Waals surface area contributed by atoms with E-state index < -0.39 is 0 Å². The fourth-order valence-corrected chi connectivity index (χ4v) is 1.90. The predicted octanol–water partition coefficient (Wildman–Crippen LogP) is 0.984. The summed E-state index contributed by atoms with van der Waals surface area (Å²) in [5.74, 6) is 0. The third-order valence-electron chi connectivity index (χ3n) is 2.86. The van der Waals surface area contributed by atoms with Crippen LogP contribution in [0, 0.1) is 6.67 Å². The van der Waals surface area contributed by atoms with E-state index in [9.17, 15) is 0 Å². The van der Waals surface area contributed by atoms with Crippen molar-refractivity contribution in [2.75, 3.05) is 0 Å². The van der Waals surface area contributed by atoms with E-state index in [2.05, 4.69) is 16.7 Å². The molecule has 1 aliphatic rings. The lowest BCUT2D eigenvalue weighted by Crippen LogP contribution is -2.24. The van der Waals surface area contributed by atoms with Crippen molar-refractivity contribution in [2.24, 2.45) is 15.7 Å². The first-order chi connectivity index (χ1) is 8.34. The first-order valence-electron chi connectivity index (χ1n) is 5.45. The molecule has 0 spiro atoms. The van der Waals surface area contributed by atoms with Gasteiger partial charge in [-0.1, -0.05) is 36.4 Å². The summed E-state index contributed by atoms with van der Waals surface area (Å²) in [5.41, 5.74) is 8.35. The molecule has 2 radical (unpaired) electrons. The lowest BCUT2D eigenvalue weighted by atomic mass is 9.99. The van der Waals surface area contributed by atoms with Gasteiger partial charge in [-0.15, -0.1) is 0 Å². The Balaban J connectivity index is 2.04. The van der Waals surface area contributed by atoms with Crippen LogP contribution < -0.4 is 16.4 Å². The van der Waals surface area contributed by atoms with Crippen LogP contribution in [0.15, 0.2) is 58.5 Å². The molecule has 1 atom stereocenters. The summed E-state index contributed by atoms with van der Waals surface area (Å²) in [7, 11) is 0. The lowest BCUT2D eigenvalue weighted by molar-refractivity contribution is 0.868. The number of hydrogen-bond donors (Lipinski definition) is 1. The smallest absolute Gasteiger partial charge is 0.250 e. The van der Waals surface area contributed by atoms with Crippen LogP contribution in [0.3, 0.4) is 0 Å². The standard InChI is InChI=1S/C14H11N3/c15-14(10-4-2-1-3-5-10)11-6-7-12-13(8-11)17-9-16-12/h1-8,14H,15H2. The fraction of sp³-hybridized carbons (Fsp3) is 0.0714. The molecule has 17 heavy (non-hydrogen) atoms. The number of fused-ring (bicyclic) bond motifs is 1. The molecule has 0 amide bonds. The van der Waals surface area contributed by atoms with Crippen molar-refractivity contribution in [3.63, 3.8) is 0 Å². The highest BCUT2D eigenvalue weighted by molar-refractivity contribution is 5.31. The molecule has 1 unspecified atom stereocenters. The van der Waals surface area contributed by atoms with E-state index in [1.54, 1.807) is 0 Å². The molecule has 2 aromatic carbocycles. The zero-order valence-electron chi connectivity index (χ0n) is 9.17. The van der Waals surface area contributed by atoms with Crippen LogP contribution in [-0.2, 0) is 0 Å². The van der Waals surface area contributed by atoms with E-state index in [-0.39, 0.29) is 6.04 Å². The van der Waals surface area contributed by atoms with Gasteiger partial charge in [0.05, 0.1) is 16.8 Å². The van der Waals surface area contributed by atoms with Gasteiger partial charge in [0, 0.05) is 0 Å². The maximum absolute atomic E-state index is 6.22. The highest BCUT2D eigenvalue weighted by Gasteiger charge is 2.09. The Morgan fingerprint density at radius 3 is 2.47 bits per heavy atom. The van der Waals surface area contributed by atoms with E-state index in [4.69, 9.17) is 5.73 Å². The normalized spacial score (nSPS) is 14.6. The summed E-state index contributed by atoms with van der Waals surface area (Å²) in [6.07, 6.45) is 0. The van der Waals surface area contributed by atoms with Crippen molar-refractivity contribution < 1.29 is 0 Å². The van der Waals surface area contributed by atoms with Crippen LogP contribution >= 0.6 is 0 Å². The van der Waals surface area contributed by atoms with Crippen molar-refractivity contribution >= 4 is 0 Å². The van der Waals surface area contributed by atoms with Gasteiger partial charge >= 0.3 is 0 Å². The van der Waals surface area contributed by atoms with Gasteiger partial charge in [-0.25, -0.2) is 9.98 Å². The van der Waals surface area contributed by atoms with Gasteiger partial charge in [-0.05, 0) is 23.3 Å². The Morgan fingerprint density at radius 2 is 1.65 bits per heavy atom. The number of nitrogens with two attached hydrogens (primary N) is 1. The molecule has 0 saturated carbocycles. The predicted molar refractivity (Wildman–Crippen MR) is 64.5 cm³/mol. The van der Waals surface area contributed by atoms with Gasteiger partial charge in [0.1, 0.15) is 0 Å². The van der Waals surface area contributed by atoms with Gasteiger partial charge in [-0.2, -0.15) is 0 Å². The molecule has 1 heterocycles. The molecule has 0 saturated heterocycles. The van der Waals surface area contributed by atoms with Crippen LogP contribution in [0.25, 0.3) is 0 Å². The van der Waals surface area contributed by atoms with Gasteiger partial charge in [0.25, 0.3) is 6.67 Å². The summed E-state index contributed by atoms with van der Waals surface area (Å²) in [5, 5.41) is 1.70. The number of benzene rings is 2. The number of nitrogens with zero attached hydrogens (tertiary/aromatic N) is 2. The quantitative estimate of drug-likeness (QED) is 0.807. The van der Waals surface area contributed by atoms with Crippen molar-refractivity contribution in [2.45, 2.75) is 6.04 Å². The summed E-state index contributed by atoms with van der Waals surface area (Å²) in [6.45, 7) is 2.60. The maximum Gasteiger partial charge on any atom is 0.250 e. The molecule has 2 N–H and O–H groups in total. The van der Waals surface area contributed by atoms with E-state index in [0.29, 0.717) is 0 Å². The zero-order valence-corrected chi connectivity index (χ0v) is 9.17. The molecule has 3 heteroatoms. The highest BCUT2D eigenvalue weighted by atomic mass is 15.0. The van der Waals surface area contributed by atoms with Crippen molar-refractivity contribution in [3.05, 3.63) is 77.0 Å². The lowest BCUT2D eigenvalue weighted by Gasteiger charge is -2.11. The monoisotopic (exact) mass is 221 g/mol. The van der Waals surface area contributed by atoms with Gasteiger partial charge in [0.15, 0.2) is 0 Å². The number of hydrogen-bond acceptors (Lipinski definition) is 3. The second kappa shape index (κ2) is 4.11. The van der Waals surface area contributed by atoms with E-state index >= 15 is 0 Å². The minimum Gasteiger partial charge on any atom is -0.320 e. The summed E-state index contributed by atoms with van der Waals surface area (Å²) < 4.78 is 0. The Morgan fingerprint density at radius 1 is 0.882 bits per heavy atom. The Bertz CT molecular complexity index is 647. The average molecular weight is 221 g/mol. The fourth-order valence-electron chi connectivity index (χ4n) is 1.90. The second-order valence-electron chi connectivity index (χ2n) is 3.96. The maximum atomic E-state index is 6.22. The summed E-state index contributed by atoms with van der Waals surface area (Å²) in [6, 6.07) is 15.8. The Kier molecular flexibility index (Phi) is 2.46. The van der Waals surface area contributed by atoms with E-state index in [1.807, 2.05) is 48.5 Å². The van der Waals surface area contributed by atoms with E-state index in [0.717, 1.165) is 21.8 Å². The van der Waals surface area contributed by atoms with E-state index in [1.165, 1.54) is 0 Å². The molecular weight excluding hydrogens is 210 g/mol. The van der Waals surface area contributed by atoms with Crippen LogP contribution in [0.4, 0.5) is 0 Å². The number of rotatable bonds is 2. The minimum absolute atomic E-state index is 0.128. The van der Waals surface area contributed by atoms with Gasteiger partial charge in [0.2, 0.25) is 0 Å². The molecule has 0 fully saturated rings. The topological polar surface area (TPSA) is 50.7 Å². The zero-order chi connectivity index (χ0) is 11.7. The van der Waals surface area contributed by atoms with Crippen molar-refractivity contribution in [1.29, 1.82) is 0 Å². The summed E-state index contributed by atoms with van der Waals surface area (Å²) in [4.78, 5) is 8.08. The average Bonchev–Trinajstić information content (AvgIpc) is 2.86. The SMILES string of the molecule is NC(c1ccccc1)c1ccc2c(c1)=N[C]N=2. The molecule has 1 aliphatic heterocycles. The third-order valence-corrected chi connectivity index (χ3v) is 2.86. The molecule has 0 aromatic heterocycles. The van der Waals surface area contributed by atoms with Crippen LogP contribution in [0.1, 0.15) is 17.2 Å². The van der Waals surface area contributed by atoms with Crippen LogP contribution in [0.2, 0.25) is 0 Å². The first-order valence-corrected chi connectivity index (χ1v) is 5.45. The molecule has 0 bridgehead atoms. The van der Waals surface area contributed by atoms with Gasteiger partial charge < -0.3 is 5.73 Å². The third kappa shape index (κ3) is 1.85. The largest absolute Gasteiger partial charge is 0.320 e. The minimum atomic E-state index is -0.128. The second-order valence-corrected chi connectivity index (χ2v) is 3.96. The molecule has 3 rings (SSSR count). The summed E-state index contributed by atoms with van der Waals surface area (Å²) >= 11 is 0. The Hall–Kier alpha value is -2.00. The molecule has 82 valence electrons. The Labute approximate surface area is 99.3 Å². The van der Waals surface area contributed by atoms with Gasteiger partial charge in [-0.3, -0.25) is 0 Å². The van der Waals surface area contributed by atoms with Crippen molar-refractivity contribution in [3.8, 4) is 0 Å². The highest BCUT2D eigenvalue weighted by Crippen LogP contribution is 2.17.